The van der Waals surface area contributed by atoms with Crippen molar-refractivity contribution in [1.29, 1.82) is 0 Å². The highest BCUT2D eigenvalue weighted by atomic mass is 32.2. The summed E-state index contributed by atoms with van der Waals surface area (Å²) in [4.78, 5) is 23.9. The van der Waals surface area contributed by atoms with E-state index in [1.807, 2.05) is 0 Å². The van der Waals surface area contributed by atoms with Gasteiger partial charge in [-0.1, -0.05) is 0 Å². The zero-order chi connectivity index (χ0) is 19.5. The second-order valence-corrected chi connectivity index (χ2v) is 9.10. The average molecular weight is 411 g/mol. The Kier molecular flexibility index (Phi) is 6.22. The van der Waals surface area contributed by atoms with Gasteiger partial charge in [0, 0.05) is 10.9 Å². The van der Waals surface area contributed by atoms with Crippen molar-refractivity contribution >= 4 is 33.5 Å². The number of sulfone groups is 1. The van der Waals surface area contributed by atoms with E-state index in [-0.39, 0.29) is 33.7 Å². The van der Waals surface area contributed by atoms with Gasteiger partial charge in [0.2, 0.25) is 0 Å². The molecule has 1 aliphatic rings. The maximum absolute atomic E-state index is 12.3. The zero-order valence-electron chi connectivity index (χ0n) is 13.6. The van der Waals surface area contributed by atoms with Gasteiger partial charge in [0.05, 0.1) is 17.1 Å². The van der Waals surface area contributed by atoms with E-state index in [2.05, 4.69) is 5.32 Å². The minimum absolute atomic E-state index is 0.000353. The van der Waals surface area contributed by atoms with Crippen molar-refractivity contribution in [2.75, 3.05) is 11.5 Å². The Morgan fingerprint density at radius 1 is 1.27 bits per heavy atom. The van der Waals surface area contributed by atoms with Crippen LogP contribution in [0.3, 0.4) is 0 Å². The monoisotopic (exact) mass is 411 g/mol. The average Bonchev–Trinajstić information content (AvgIpc) is 2.85. The molecule has 0 radical (unpaired) electrons. The van der Waals surface area contributed by atoms with E-state index in [4.69, 9.17) is 4.74 Å². The van der Waals surface area contributed by atoms with Gasteiger partial charge in [0.25, 0.3) is 5.91 Å². The summed E-state index contributed by atoms with van der Waals surface area (Å²) >= 11 is -0.308. The van der Waals surface area contributed by atoms with Crippen LogP contribution in [0.2, 0.25) is 0 Å². The Hall–Kier alpha value is -1.75. The number of rotatable bonds is 5. The molecule has 1 N–H and O–H groups in total. The van der Waals surface area contributed by atoms with Crippen molar-refractivity contribution in [3.63, 3.8) is 0 Å². The van der Waals surface area contributed by atoms with Crippen LogP contribution < -0.4 is 5.32 Å². The standard InChI is InChI=1S/C15H16F3NO5S2/c1-9(13(20)19-11-6-7-26(22,23)8-11)24-14(21)10-2-4-12(5-3-10)25-15(16,17)18/h2-5,9,11H,6-8H2,1H3,(H,19,20)/t9-,11-/m0/s1. The fourth-order valence-corrected chi connectivity index (χ4v) is 4.51. The summed E-state index contributed by atoms with van der Waals surface area (Å²) in [5.41, 5.74) is -4.43. The van der Waals surface area contributed by atoms with Crippen molar-refractivity contribution in [2.24, 2.45) is 0 Å². The molecule has 1 heterocycles. The van der Waals surface area contributed by atoms with Crippen molar-refractivity contribution in [3.05, 3.63) is 29.8 Å². The molecule has 6 nitrogen and oxygen atoms in total. The predicted molar refractivity (Wildman–Crippen MR) is 88.4 cm³/mol. The molecule has 0 aromatic heterocycles. The molecular formula is C15H16F3NO5S2. The van der Waals surface area contributed by atoms with Crippen molar-refractivity contribution in [2.45, 2.75) is 35.9 Å². The molecule has 144 valence electrons. The topological polar surface area (TPSA) is 89.5 Å². The summed E-state index contributed by atoms with van der Waals surface area (Å²) in [6.07, 6.45) is -0.873. The summed E-state index contributed by atoms with van der Waals surface area (Å²) in [6.45, 7) is 1.32. The number of amides is 1. The molecule has 0 bridgehead atoms. The lowest BCUT2D eigenvalue weighted by atomic mass is 10.2. The van der Waals surface area contributed by atoms with Gasteiger partial charge in [-0.05, 0) is 49.4 Å². The molecule has 1 aromatic carbocycles. The zero-order valence-corrected chi connectivity index (χ0v) is 15.2. The second kappa shape index (κ2) is 7.87. The maximum atomic E-state index is 12.3. The van der Waals surface area contributed by atoms with E-state index in [9.17, 15) is 31.2 Å². The normalized spacial score (nSPS) is 20.4. The van der Waals surface area contributed by atoms with Crippen molar-refractivity contribution in [3.8, 4) is 0 Å². The van der Waals surface area contributed by atoms with Crippen molar-refractivity contribution < 1.29 is 35.9 Å². The number of ether oxygens (including phenoxy) is 1. The Morgan fingerprint density at radius 3 is 2.38 bits per heavy atom. The van der Waals surface area contributed by atoms with E-state index in [1.165, 1.54) is 19.1 Å². The third-order valence-corrected chi connectivity index (χ3v) is 6.06. The van der Waals surface area contributed by atoms with Crippen LogP contribution >= 0.6 is 11.8 Å². The van der Waals surface area contributed by atoms with Crippen LogP contribution in [0.4, 0.5) is 13.2 Å². The van der Waals surface area contributed by atoms with Gasteiger partial charge < -0.3 is 10.1 Å². The molecule has 1 fully saturated rings. The summed E-state index contributed by atoms with van der Waals surface area (Å²) in [5.74, 6) is -1.66. The number of carbonyl (C=O) groups is 2. The third kappa shape index (κ3) is 6.20. The molecule has 2 atom stereocenters. The van der Waals surface area contributed by atoms with Gasteiger partial charge in [-0.3, -0.25) is 4.79 Å². The first-order chi connectivity index (χ1) is 12.0. The summed E-state index contributed by atoms with van der Waals surface area (Å²) in [7, 11) is -3.15. The smallest absolute Gasteiger partial charge is 0.446 e. The number of benzene rings is 1. The van der Waals surface area contributed by atoms with Crippen LogP contribution in [0.25, 0.3) is 0 Å². The molecule has 1 aliphatic heterocycles. The molecule has 11 heteroatoms. The Labute approximate surface area is 152 Å². The van der Waals surface area contributed by atoms with E-state index in [0.717, 1.165) is 12.1 Å². The van der Waals surface area contributed by atoms with Crippen LogP contribution in [0.5, 0.6) is 0 Å². The lowest BCUT2D eigenvalue weighted by Gasteiger charge is -2.16. The first kappa shape index (κ1) is 20.6. The molecule has 2 rings (SSSR count). The highest BCUT2D eigenvalue weighted by Gasteiger charge is 2.31. The molecule has 0 unspecified atom stereocenters. The SMILES string of the molecule is C[C@H](OC(=O)c1ccc(SC(F)(F)F)cc1)C(=O)N[C@H]1CCS(=O)(=O)C1. The highest BCUT2D eigenvalue weighted by Crippen LogP contribution is 2.36. The minimum atomic E-state index is -4.43. The van der Waals surface area contributed by atoms with Gasteiger partial charge in [-0.25, -0.2) is 13.2 Å². The lowest BCUT2D eigenvalue weighted by molar-refractivity contribution is -0.129. The molecule has 0 aliphatic carbocycles. The molecule has 0 saturated carbocycles. The van der Waals surface area contributed by atoms with E-state index in [0.29, 0.717) is 6.42 Å². The van der Waals surface area contributed by atoms with Crippen LogP contribution in [-0.4, -0.2) is 49.5 Å². The van der Waals surface area contributed by atoms with Crippen LogP contribution in [0.1, 0.15) is 23.7 Å². The first-order valence-electron chi connectivity index (χ1n) is 7.53. The van der Waals surface area contributed by atoms with Crippen molar-refractivity contribution in [1.82, 2.24) is 5.32 Å². The molecular weight excluding hydrogens is 395 g/mol. The van der Waals surface area contributed by atoms with Crippen LogP contribution in [0.15, 0.2) is 29.2 Å². The summed E-state index contributed by atoms with van der Waals surface area (Å²) < 4.78 is 64.5. The Morgan fingerprint density at radius 2 is 1.88 bits per heavy atom. The fraction of sp³-hybridized carbons (Fsp3) is 0.467. The van der Waals surface area contributed by atoms with Crippen LogP contribution in [0, 0.1) is 0 Å². The predicted octanol–water partition coefficient (Wildman–Crippen LogP) is 2.15. The number of alkyl halides is 3. The lowest BCUT2D eigenvalue weighted by Crippen LogP contribution is -2.42. The summed E-state index contributed by atoms with van der Waals surface area (Å²) in [6, 6.07) is 4.08. The number of hydrogen-bond acceptors (Lipinski definition) is 6. The molecule has 0 spiro atoms. The third-order valence-electron chi connectivity index (χ3n) is 3.56. The number of carbonyl (C=O) groups excluding carboxylic acids is 2. The minimum Gasteiger partial charge on any atom is -0.449 e. The number of thioether (sulfide) groups is 1. The summed E-state index contributed by atoms with van der Waals surface area (Å²) in [5, 5.41) is 2.50. The molecule has 1 amide bonds. The van der Waals surface area contributed by atoms with Gasteiger partial charge in [0.1, 0.15) is 0 Å². The fourth-order valence-electron chi connectivity index (χ4n) is 2.30. The highest BCUT2D eigenvalue weighted by molar-refractivity contribution is 8.00. The number of esters is 1. The maximum Gasteiger partial charge on any atom is 0.446 e. The van der Waals surface area contributed by atoms with Gasteiger partial charge in [-0.15, -0.1) is 0 Å². The Bertz CT molecular complexity index is 777. The van der Waals surface area contributed by atoms with E-state index in [1.54, 1.807) is 0 Å². The molecule has 26 heavy (non-hydrogen) atoms. The van der Waals surface area contributed by atoms with E-state index < -0.39 is 39.4 Å². The van der Waals surface area contributed by atoms with Gasteiger partial charge in [-0.2, -0.15) is 13.2 Å². The molecule has 1 saturated heterocycles. The van der Waals surface area contributed by atoms with Crippen LogP contribution in [-0.2, 0) is 19.4 Å². The largest absolute Gasteiger partial charge is 0.449 e. The van der Waals surface area contributed by atoms with E-state index >= 15 is 0 Å². The molecule has 1 aromatic rings. The second-order valence-electron chi connectivity index (χ2n) is 5.73. The number of nitrogens with one attached hydrogen (secondary N) is 1. The van der Waals surface area contributed by atoms with Gasteiger partial charge >= 0.3 is 11.5 Å². The first-order valence-corrected chi connectivity index (χ1v) is 10.2. The Balaban J connectivity index is 1.89. The quantitative estimate of drug-likeness (QED) is 0.590. The van der Waals surface area contributed by atoms with Gasteiger partial charge in [0.15, 0.2) is 15.9 Å². The number of halogens is 3. The number of hydrogen-bond donors (Lipinski definition) is 1.